The first kappa shape index (κ1) is 29.9. The van der Waals surface area contributed by atoms with Crippen molar-refractivity contribution >= 4 is 29.2 Å². The van der Waals surface area contributed by atoms with Crippen molar-refractivity contribution in [3.63, 3.8) is 0 Å². The number of hydrogen-bond donors (Lipinski definition) is 3. The molecule has 1 aliphatic heterocycles. The second-order valence-corrected chi connectivity index (χ2v) is 12.6. The Labute approximate surface area is 223 Å². The number of aromatic nitrogens is 1. The van der Waals surface area contributed by atoms with Crippen LogP contribution in [0.4, 0.5) is 4.39 Å². The maximum Gasteiger partial charge on any atom is 0.309 e. The van der Waals surface area contributed by atoms with Gasteiger partial charge in [-0.2, -0.15) is 0 Å². The van der Waals surface area contributed by atoms with Crippen LogP contribution in [0.5, 0.6) is 0 Å². The summed E-state index contributed by atoms with van der Waals surface area (Å²) in [6, 6.07) is 0. The molecule has 0 unspecified atom stereocenters. The molecular weight excluding hydrogens is 495 g/mol. The fraction of sp³-hybridized carbons (Fsp3) is 0.750. The zero-order valence-corrected chi connectivity index (χ0v) is 23.5. The second-order valence-electron chi connectivity index (χ2n) is 11.7. The number of ether oxygens (including phenoxy) is 1. The van der Waals surface area contributed by atoms with Crippen LogP contribution >= 0.6 is 11.3 Å². The molecule has 7 atom stereocenters. The third-order valence-electron chi connectivity index (χ3n) is 8.33. The number of halogens is 1. The Morgan fingerprint density at radius 2 is 2.03 bits per heavy atom. The van der Waals surface area contributed by atoms with Gasteiger partial charge in [-0.3, -0.25) is 9.59 Å². The number of aliphatic hydroxyl groups excluding tert-OH is 2. The molecule has 0 radical (unpaired) electrons. The van der Waals surface area contributed by atoms with Gasteiger partial charge in [0.2, 0.25) is 0 Å². The summed E-state index contributed by atoms with van der Waals surface area (Å²) >= 11 is 1.51. The number of esters is 1. The number of hydrogen-bond acceptors (Lipinski definition) is 8. The van der Waals surface area contributed by atoms with Crippen LogP contribution < -0.4 is 5.73 Å². The van der Waals surface area contributed by atoms with Gasteiger partial charge < -0.3 is 20.7 Å². The number of alkyl halides is 1. The predicted molar refractivity (Wildman–Crippen MR) is 143 cm³/mol. The third kappa shape index (κ3) is 7.25. The molecule has 1 saturated heterocycles. The van der Waals surface area contributed by atoms with Gasteiger partial charge in [-0.25, -0.2) is 9.37 Å². The van der Waals surface area contributed by atoms with Crippen molar-refractivity contribution in [3.05, 3.63) is 21.7 Å². The van der Waals surface area contributed by atoms with Crippen LogP contribution in [0.25, 0.3) is 6.08 Å². The minimum Gasteiger partial charge on any atom is -0.458 e. The summed E-state index contributed by atoms with van der Waals surface area (Å²) in [6.07, 6.45) is 1.65. The van der Waals surface area contributed by atoms with E-state index in [0.29, 0.717) is 45.1 Å². The lowest BCUT2D eigenvalue weighted by Gasteiger charge is -2.34. The van der Waals surface area contributed by atoms with Gasteiger partial charge in [0.25, 0.3) is 0 Å². The summed E-state index contributed by atoms with van der Waals surface area (Å²) in [6.45, 7) is 9.05. The summed E-state index contributed by atoms with van der Waals surface area (Å²) in [7, 11) is 0. The molecule has 0 spiro atoms. The molecular formula is C28H43FN2O5S. The Kier molecular flexibility index (Phi) is 9.70. The van der Waals surface area contributed by atoms with Crippen LogP contribution in [0.2, 0.25) is 0 Å². The second kappa shape index (κ2) is 12.0. The molecule has 2 fully saturated rings. The van der Waals surface area contributed by atoms with Crippen LogP contribution in [-0.4, -0.2) is 57.5 Å². The average Bonchev–Trinajstić information content (AvgIpc) is 3.24. The Hall–Kier alpha value is -1.68. The summed E-state index contributed by atoms with van der Waals surface area (Å²) in [4.78, 5) is 30.7. The summed E-state index contributed by atoms with van der Waals surface area (Å²) in [5.41, 5.74) is 4.55. The number of cyclic esters (lactones) is 1. The lowest BCUT2D eigenvalue weighted by Crippen LogP contribution is -2.45. The van der Waals surface area contributed by atoms with Crippen LogP contribution in [0.15, 0.2) is 11.0 Å². The topological polar surface area (TPSA) is 123 Å². The highest BCUT2D eigenvalue weighted by molar-refractivity contribution is 7.09. The summed E-state index contributed by atoms with van der Waals surface area (Å²) < 4.78 is 21.3. The standard InChI is InChI=1S/C28H43FN2O5S/c1-16-7-6-9-28(29)14-19(28)12-21(17(2)11-20-15-37-23(31-20)8-10-30)36-24(33)13-22(32)27(4,5)26(35)18(3)25(16)34/h11,15-16,18-19,21-22,25,32,34H,6-10,12-14,30H2,1-5H3/b17-11+/t16-,18+,19+,21-,22-,25-,28+/m0/s1. The molecule has 1 aromatic rings. The van der Waals surface area contributed by atoms with Crippen molar-refractivity contribution in [2.75, 3.05) is 6.54 Å². The Morgan fingerprint density at radius 3 is 2.70 bits per heavy atom. The SMILES string of the molecule is C/C(=C\c1csc(CCN)n1)[C@@H]1C[C@@H]2C[C@]2(F)CCC[C@H](C)[C@H](O)[C@@H](C)C(=O)C(C)(C)[C@@H](O)CC(=O)O1. The van der Waals surface area contributed by atoms with Gasteiger partial charge in [0.1, 0.15) is 17.6 Å². The van der Waals surface area contributed by atoms with E-state index in [-0.39, 0.29) is 24.0 Å². The fourth-order valence-electron chi connectivity index (χ4n) is 5.40. The number of nitrogens with two attached hydrogens (primary N) is 1. The fourth-order valence-corrected chi connectivity index (χ4v) is 6.17. The number of fused-ring (bicyclic) bond motifs is 1. The van der Waals surface area contributed by atoms with Gasteiger partial charge in [-0.05, 0) is 69.1 Å². The molecule has 1 aliphatic carbocycles. The van der Waals surface area contributed by atoms with Gasteiger partial charge in [-0.1, -0.05) is 27.7 Å². The van der Waals surface area contributed by atoms with E-state index in [1.54, 1.807) is 20.8 Å². The summed E-state index contributed by atoms with van der Waals surface area (Å²) in [5, 5.41) is 24.5. The minimum absolute atomic E-state index is 0.189. The Morgan fingerprint density at radius 1 is 1.32 bits per heavy atom. The molecule has 0 amide bonds. The molecule has 37 heavy (non-hydrogen) atoms. The lowest BCUT2D eigenvalue weighted by atomic mass is 9.73. The molecule has 1 saturated carbocycles. The van der Waals surface area contributed by atoms with Gasteiger partial charge in [0, 0.05) is 17.7 Å². The quantitative estimate of drug-likeness (QED) is 0.490. The molecule has 3 rings (SSSR count). The predicted octanol–water partition coefficient (Wildman–Crippen LogP) is 4.24. The molecule has 4 N–H and O–H groups in total. The van der Waals surface area contributed by atoms with E-state index in [9.17, 15) is 19.8 Å². The van der Waals surface area contributed by atoms with Crippen molar-refractivity contribution in [1.82, 2.24) is 4.98 Å². The van der Waals surface area contributed by atoms with E-state index in [2.05, 4.69) is 4.98 Å². The van der Waals surface area contributed by atoms with Crippen molar-refractivity contribution in [3.8, 4) is 0 Å². The van der Waals surface area contributed by atoms with E-state index in [4.69, 9.17) is 10.5 Å². The molecule has 9 heteroatoms. The van der Waals surface area contributed by atoms with Crippen LogP contribution in [0.1, 0.15) is 83.8 Å². The normalized spacial score (nSPS) is 36.1. The molecule has 208 valence electrons. The van der Waals surface area contributed by atoms with Gasteiger partial charge in [0.05, 0.1) is 34.7 Å². The van der Waals surface area contributed by atoms with Crippen molar-refractivity contribution < 1.29 is 28.9 Å². The van der Waals surface area contributed by atoms with Crippen LogP contribution in [-0.2, 0) is 20.7 Å². The lowest BCUT2D eigenvalue weighted by molar-refractivity contribution is -0.154. The monoisotopic (exact) mass is 538 g/mol. The molecule has 7 nitrogen and oxygen atoms in total. The number of carbonyl (C=O) groups is 2. The smallest absolute Gasteiger partial charge is 0.309 e. The van der Waals surface area contributed by atoms with Crippen molar-refractivity contribution in [2.45, 2.75) is 104 Å². The van der Waals surface area contributed by atoms with Crippen molar-refractivity contribution in [2.24, 2.45) is 28.9 Å². The summed E-state index contributed by atoms with van der Waals surface area (Å²) in [5.74, 6) is -2.10. The Bertz CT molecular complexity index is 995. The van der Waals surface area contributed by atoms with E-state index in [1.165, 1.54) is 11.3 Å². The molecule has 0 bridgehead atoms. The molecule has 0 aromatic carbocycles. The average molecular weight is 539 g/mol. The first-order valence-corrected chi connectivity index (χ1v) is 14.3. The highest BCUT2D eigenvalue weighted by atomic mass is 32.1. The first-order valence-electron chi connectivity index (χ1n) is 13.4. The number of Topliss-reactive ketones (excluding diaryl/α,β-unsaturated/α-hetero) is 1. The maximum atomic E-state index is 15.5. The minimum atomic E-state index is -1.31. The van der Waals surface area contributed by atoms with Crippen LogP contribution in [0.3, 0.4) is 0 Å². The zero-order valence-electron chi connectivity index (χ0n) is 22.7. The number of rotatable bonds is 4. The van der Waals surface area contributed by atoms with E-state index in [1.807, 2.05) is 25.3 Å². The van der Waals surface area contributed by atoms with Crippen LogP contribution in [0, 0.1) is 23.2 Å². The van der Waals surface area contributed by atoms with E-state index in [0.717, 1.165) is 16.3 Å². The largest absolute Gasteiger partial charge is 0.458 e. The maximum absolute atomic E-state index is 15.5. The Balaban J connectivity index is 1.84. The van der Waals surface area contributed by atoms with Gasteiger partial charge in [0.15, 0.2) is 0 Å². The first-order chi connectivity index (χ1) is 17.3. The highest BCUT2D eigenvalue weighted by Gasteiger charge is 2.55. The number of carbonyl (C=O) groups excluding carboxylic acids is 2. The van der Waals surface area contributed by atoms with Crippen molar-refractivity contribution in [1.29, 1.82) is 0 Å². The molecule has 1 aromatic heterocycles. The van der Waals surface area contributed by atoms with Gasteiger partial charge in [-0.15, -0.1) is 11.3 Å². The van der Waals surface area contributed by atoms with E-state index < -0.39 is 41.3 Å². The number of nitrogens with zero attached hydrogens (tertiary/aromatic N) is 1. The van der Waals surface area contributed by atoms with Gasteiger partial charge >= 0.3 is 5.97 Å². The number of aliphatic hydroxyl groups is 2. The number of ketones is 1. The van der Waals surface area contributed by atoms with E-state index >= 15 is 4.39 Å². The molecule has 2 aliphatic rings. The third-order valence-corrected chi connectivity index (χ3v) is 9.26. The number of thiazole rings is 1. The highest BCUT2D eigenvalue weighted by Crippen LogP contribution is 2.54. The zero-order chi connectivity index (χ0) is 27.5. The molecule has 2 heterocycles.